The van der Waals surface area contributed by atoms with Crippen LogP contribution in [0.15, 0.2) is 53.1 Å². The summed E-state index contributed by atoms with van der Waals surface area (Å²) in [5.74, 6) is 2.07. The molecule has 0 saturated carbocycles. The molecule has 4 rings (SSSR count). The van der Waals surface area contributed by atoms with Gasteiger partial charge in [-0.2, -0.15) is 4.98 Å². The number of piperidine rings is 1. The van der Waals surface area contributed by atoms with Crippen LogP contribution in [0.5, 0.6) is 5.75 Å². The van der Waals surface area contributed by atoms with Crippen LogP contribution in [0.1, 0.15) is 24.7 Å². The van der Waals surface area contributed by atoms with Crippen molar-refractivity contribution in [1.29, 1.82) is 0 Å². The van der Waals surface area contributed by atoms with Crippen LogP contribution in [0, 0.1) is 0 Å². The second kappa shape index (κ2) is 8.53. The third-order valence-electron chi connectivity index (χ3n) is 5.02. The zero-order chi connectivity index (χ0) is 20.2. The molecule has 0 atom stereocenters. The van der Waals surface area contributed by atoms with Gasteiger partial charge in [0.1, 0.15) is 5.75 Å². The molecular formula is C21H21ClN4O3. The lowest BCUT2D eigenvalue weighted by atomic mass is 9.97. The van der Waals surface area contributed by atoms with Crippen LogP contribution in [0.2, 0.25) is 5.02 Å². The first-order valence-electron chi connectivity index (χ1n) is 9.42. The van der Waals surface area contributed by atoms with Crippen LogP contribution in [0.25, 0.3) is 11.4 Å². The molecule has 0 bridgehead atoms. The molecule has 0 aliphatic carbocycles. The fourth-order valence-electron chi connectivity index (χ4n) is 3.32. The van der Waals surface area contributed by atoms with E-state index in [0.29, 0.717) is 29.8 Å². The number of anilines is 1. The number of carbonyl (C=O) groups is 1. The Bertz CT molecular complexity index is 964. The first-order valence-corrected chi connectivity index (χ1v) is 9.79. The minimum absolute atomic E-state index is 0.110. The van der Waals surface area contributed by atoms with Crippen LogP contribution < -0.4 is 10.1 Å². The smallest absolute Gasteiger partial charge is 0.321 e. The molecule has 1 N–H and O–H groups in total. The highest BCUT2D eigenvalue weighted by molar-refractivity contribution is 6.30. The van der Waals surface area contributed by atoms with Crippen LogP contribution in [0.4, 0.5) is 10.5 Å². The number of aromatic nitrogens is 2. The van der Waals surface area contributed by atoms with Gasteiger partial charge in [-0.25, -0.2) is 4.79 Å². The zero-order valence-electron chi connectivity index (χ0n) is 16.0. The van der Waals surface area contributed by atoms with Crippen molar-refractivity contribution in [2.75, 3.05) is 25.5 Å². The van der Waals surface area contributed by atoms with Crippen molar-refractivity contribution >= 4 is 23.3 Å². The third-order valence-corrected chi connectivity index (χ3v) is 5.27. The second-order valence-corrected chi connectivity index (χ2v) is 7.32. The number of halogens is 1. The van der Waals surface area contributed by atoms with E-state index < -0.39 is 0 Å². The first kappa shape index (κ1) is 19.3. The number of ether oxygens (including phenoxy) is 1. The number of methoxy groups -OCH3 is 1. The van der Waals surface area contributed by atoms with E-state index in [1.807, 2.05) is 36.4 Å². The number of rotatable bonds is 4. The Morgan fingerprint density at radius 1 is 1.14 bits per heavy atom. The van der Waals surface area contributed by atoms with E-state index in [4.69, 9.17) is 20.9 Å². The number of nitrogens with zero attached hydrogens (tertiary/aromatic N) is 3. The van der Waals surface area contributed by atoms with Crippen LogP contribution in [-0.4, -0.2) is 41.3 Å². The highest BCUT2D eigenvalue weighted by Crippen LogP contribution is 2.29. The fourth-order valence-corrected chi connectivity index (χ4v) is 3.45. The molecular weight excluding hydrogens is 392 g/mol. The molecule has 29 heavy (non-hydrogen) atoms. The summed E-state index contributed by atoms with van der Waals surface area (Å²) in [5.41, 5.74) is 1.60. The molecule has 1 fully saturated rings. The minimum Gasteiger partial charge on any atom is -0.497 e. The Morgan fingerprint density at radius 2 is 1.83 bits per heavy atom. The minimum atomic E-state index is -0.110. The number of nitrogens with one attached hydrogen (secondary N) is 1. The Labute approximate surface area is 173 Å². The lowest BCUT2D eigenvalue weighted by Crippen LogP contribution is -2.40. The maximum Gasteiger partial charge on any atom is 0.321 e. The van der Waals surface area contributed by atoms with Gasteiger partial charge in [0.25, 0.3) is 0 Å². The SMILES string of the molecule is COc1ccc(NC(=O)N2CCC(c3nc(-c4ccc(Cl)cc4)no3)CC2)cc1. The van der Waals surface area contributed by atoms with E-state index in [1.54, 1.807) is 24.1 Å². The Morgan fingerprint density at radius 3 is 2.48 bits per heavy atom. The van der Waals surface area contributed by atoms with Crippen LogP contribution in [-0.2, 0) is 0 Å². The van der Waals surface area contributed by atoms with Crippen LogP contribution in [0.3, 0.4) is 0 Å². The molecule has 1 saturated heterocycles. The van der Waals surface area contributed by atoms with E-state index in [1.165, 1.54) is 0 Å². The van der Waals surface area contributed by atoms with Crippen LogP contribution >= 0.6 is 11.6 Å². The van der Waals surface area contributed by atoms with Gasteiger partial charge < -0.3 is 19.5 Å². The number of amides is 2. The van der Waals surface area contributed by atoms with Crippen molar-refractivity contribution in [2.24, 2.45) is 0 Å². The quantitative estimate of drug-likeness (QED) is 0.665. The van der Waals surface area contributed by atoms with E-state index >= 15 is 0 Å². The molecule has 8 heteroatoms. The highest BCUT2D eigenvalue weighted by atomic mass is 35.5. The summed E-state index contributed by atoms with van der Waals surface area (Å²) in [6, 6.07) is 14.5. The van der Waals surface area contributed by atoms with Gasteiger partial charge in [0.15, 0.2) is 0 Å². The van der Waals surface area contributed by atoms with Gasteiger partial charge in [-0.05, 0) is 61.4 Å². The van der Waals surface area contributed by atoms with Crippen molar-refractivity contribution in [3.63, 3.8) is 0 Å². The number of benzene rings is 2. The lowest BCUT2D eigenvalue weighted by molar-refractivity contribution is 0.187. The maximum absolute atomic E-state index is 12.5. The average Bonchev–Trinajstić information content (AvgIpc) is 3.25. The summed E-state index contributed by atoms with van der Waals surface area (Å²) in [4.78, 5) is 18.8. The zero-order valence-corrected chi connectivity index (χ0v) is 16.7. The number of hydrogen-bond donors (Lipinski definition) is 1. The summed E-state index contributed by atoms with van der Waals surface area (Å²) in [6.45, 7) is 1.26. The lowest BCUT2D eigenvalue weighted by Gasteiger charge is -2.30. The molecule has 0 spiro atoms. The molecule has 150 valence electrons. The van der Waals surface area contributed by atoms with Gasteiger partial charge in [-0.15, -0.1) is 0 Å². The van der Waals surface area contributed by atoms with Crippen molar-refractivity contribution in [3.05, 3.63) is 59.4 Å². The number of urea groups is 1. The molecule has 3 aromatic rings. The molecule has 7 nitrogen and oxygen atoms in total. The maximum atomic E-state index is 12.5. The summed E-state index contributed by atoms with van der Waals surface area (Å²) < 4.78 is 10.6. The van der Waals surface area contributed by atoms with Crippen molar-refractivity contribution < 1.29 is 14.1 Å². The largest absolute Gasteiger partial charge is 0.497 e. The molecule has 0 radical (unpaired) electrons. The second-order valence-electron chi connectivity index (χ2n) is 6.88. The molecule has 0 unspecified atom stereocenters. The molecule has 1 aliphatic heterocycles. The molecule has 1 aromatic heterocycles. The molecule has 1 aliphatic rings. The summed E-state index contributed by atoms with van der Waals surface area (Å²) in [6.07, 6.45) is 1.55. The van der Waals surface area contributed by atoms with E-state index in [9.17, 15) is 4.79 Å². The first-order chi connectivity index (χ1) is 14.1. The van der Waals surface area contributed by atoms with Crippen molar-refractivity contribution in [3.8, 4) is 17.1 Å². The summed E-state index contributed by atoms with van der Waals surface area (Å²) in [5, 5.41) is 7.66. The van der Waals surface area contributed by atoms with Crippen molar-refractivity contribution in [2.45, 2.75) is 18.8 Å². The topological polar surface area (TPSA) is 80.5 Å². The van der Waals surface area contributed by atoms with Crippen molar-refractivity contribution in [1.82, 2.24) is 15.0 Å². The van der Waals surface area contributed by atoms with E-state index in [2.05, 4.69) is 15.5 Å². The summed E-state index contributed by atoms with van der Waals surface area (Å²) >= 11 is 5.92. The third kappa shape index (κ3) is 4.51. The van der Waals surface area contributed by atoms with Gasteiger partial charge in [-0.3, -0.25) is 0 Å². The van der Waals surface area contributed by atoms with Gasteiger partial charge in [-0.1, -0.05) is 16.8 Å². The Balaban J connectivity index is 1.33. The van der Waals surface area contributed by atoms with Gasteiger partial charge in [0.05, 0.1) is 7.11 Å². The number of hydrogen-bond acceptors (Lipinski definition) is 5. The van der Waals surface area contributed by atoms with E-state index in [-0.39, 0.29) is 11.9 Å². The number of likely N-dealkylation sites (tertiary alicyclic amines) is 1. The fraction of sp³-hybridized carbons (Fsp3) is 0.286. The van der Waals surface area contributed by atoms with Gasteiger partial charge in [0, 0.05) is 35.3 Å². The predicted molar refractivity (Wildman–Crippen MR) is 110 cm³/mol. The standard InChI is InChI=1S/C21H21ClN4O3/c1-28-18-8-6-17(7-9-18)23-21(27)26-12-10-15(11-13-26)20-24-19(25-29-20)14-2-4-16(22)5-3-14/h2-9,15H,10-13H2,1H3,(H,23,27). The monoisotopic (exact) mass is 412 g/mol. The normalized spacial score (nSPS) is 14.6. The summed E-state index contributed by atoms with van der Waals surface area (Å²) in [7, 11) is 1.61. The van der Waals surface area contributed by atoms with Gasteiger partial charge in [0.2, 0.25) is 11.7 Å². The molecule has 2 amide bonds. The Hall–Kier alpha value is -3.06. The molecule has 2 heterocycles. The van der Waals surface area contributed by atoms with E-state index in [0.717, 1.165) is 29.8 Å². The molecule has 2 aromatic carbocycles. The highest BCUT2D eigenvalue weighted by Gasteiger charge is 2.27. The van der Waals surface area contributed by atoms with Gasteiger partial charge >= 0.3 is 6.03 Å². The number of carbonyl (C=O) groups excluding carboxylic acids is 1. The predicted octanol–water partition coefficient (Wildman–Crippen LogP) is 4.81. The average molecular weight is 413 g/mol. The Kier molecular flexibility index (Phi) is 5.67.